The number of amides is 1. The van der Waals surface area contributed by atoms with Gasteiger partial charge in [0.2, 0.25) is 5.76 Å². The van der Waals surface area contributed by atoms with Crippen LogP contribution in [0.5, 0.6) is 0 Å². The van der Waals surface area contributed by atoms with Crippen molar-refractivity contribution in [3.8, 4) is 0 Å². The highest BCUT2D eigenvalue weighted by molar-refractivity contribution is 9.10. The normalized spacial score (nSPS) is 14.8. The van der Waals surface area contributed by atoms with Crippen molar-refractivity contribution in [2.75, 3.05) is 6.54 Å². The maximum absolute atomic E-state index is 12.0. The number of furan rings is 1. The van der Waals surface area contributed by atoms with Gasteiger partial charge < -0.3 is 14.4 Å². The number of hydrogen-bond acceptors (Lipinski definition) is 3. The Labute approximate surface area is 100 Å². The van der Waals surface area contributed by atoms with Gasteiger partial charge in [0.05, 0.1) is 10.7 Å². The zero-order valence-corrected chi connectivity index (χ0v) is 9.94. The van der Waals surface area contributed by atoms with Gasteiger partial charge in [-0.1, -0.05) is 0 Å². The second-order valence-electron chi connectivity index (χ2n) is 3.66. The van der Waals surface area contributed by atoms with Crippen molar-refractivity contribution < 1.29 is 19.1 Å². The van der Waals surface area contributed by atoms with Crippen molar-refractivity contribution in [2.45, 2.75) is 18.9 Å². The molecule has 0 unspecified atom stereocenters. The maximum atomic E-state index is 12.0. The molecule has 1 aromatic heterocycles. The van der Waals surface area contributed by atoms with E-state index in [-0.39, 0.29) is 24.3 Å². The van der Waals surface area contributed by atoms with Crippen LogP contribution in [0, 0.1) is 0 Å². The zero-order chi connectivity index (χ0) is 11.7. The molecule has 2 rings (SSSR count). The monoisotopic (exact) mass is 287 g/mol. The quantitative estimate of drug-likeness (QED) is 0.916. The third-order valence-corrected chi connectivity index (χ3v) is 2.99. The minimum atomic E-state index is -1.01. The molecule has 1 aliphatic carbocycles. The summed E-state index contributed by atoms with van der Waals surface area (Å²) in [5, 5.41) is 8.74. The van der Waals surface area contributed by atoms with Gasteiger partial charge in [0.15, 0.2) is 0 Å². The molecule has 0 saturated heterocycles. The Bertz CT molecular complexity index is 424. The van der Waals surface area contributed by atoms with Crippen molar-refractivity contribution in [3.05, 3.63) is 22.6 Å². The van der Waals surface area contributed by atoms with Gasteiger partial charge >= 0.3 is 5.97 Å². The van der Waals surface area contributed by atoms with Gasteiger partial charge in [-0.15, -0.1) is 0 Å². The van der Waals surface area contributed by atoms with E-state index in [0.717, 1.165) is 12.8 Å². The van der Waals surface area contributed by atoms with E-state index in [0.29, 0.717) is 4.47 Å². The number of carboxylic acids is 1. The van der Waals surface area contributed by atoms with Crippen LogP contribution >= 0.6 is 15.9 Å². The standard InChI is InChI=1S/C10H10BrNO4/c11-7-3-4-16-9(7)10(15)12(5-8(13)14)6-1-2-6/h3-4,6H,1-2,5H2,(H,13,14). The van der Waals surface area contributed by atoms with E-state index in [4.69, 9.17) is 9.52 Å². The molecule has 86 valence electrons. The molecular weight excluding hydrogens is 278 g/mol. The molecular formula is C10H10BrNO4. The molecule has 5 nitrogen and oxygen atoms in total. The Morgan fingerprint density at radius 1 is 1.56 bits per heavy atom. The molecule has 1 aliphatic rings. The minimum absolute atomic E-state index is 0.0422. The van der Waals surface area contributed by atoms with E-state index in [1.807, 2.05) is 0 Å². The minimum Gasteiger partial charge on any atom is -0.480 e. The molecule has 16 heavy (non-hydrogen) atoms. The summed E-state index contributed by atoms with van der Waals surface area (Å²) in [6.07, 6.45) is 3.11. The second-order valence-corrected chi connectivity index (χ2v) is 4.51. The van der Waals surface area contributed by atoms with Gasteiger partial charge in [-0.3, -0.25) is 9.59 Å². The summed E-state index contributed by atoms with van der Waals surface area (Å²) in [6.45, 7) is -0.281. The number of carboxylic acid groups (broad SMARTS) is 1. The second kappa shape index (κ2) is 4.29. The van der Waals surface area contributed by atoms with Crippen molar-refractivity contribution in [2.24, 2.45) is 0 Å². The van der Waals surface area contributed by atoms with Crippen LogP contribution in [0.1, 0.15) is 23.4 Å². The van der Waals surface area contributed by atoms with Crippen molar-refractivity contribution in [3.63, 3.8) is 0 Å². The molecule has 0 radical (unpaired) electrons. The Hall–Kier alpha value is -1.30. The summed E-state index contributed by atoms with van der Waals surface area (Å²) in [6, 6.07) is 1.65. The molecule has 1 fully saturated rings. The molecule has 0 atom stereocenters. The number of rotatable bonds is 4. The predicted molar refractivity (Wildman–Crippen MR) is 58.1 cm³/mol. The summed E-state index contributed by atoms with van der Waals surface area (Å²) in [5.74, 6) is -1.22. The van der Waals surface area contributed by atoms with Gasteiger partial charge in [-0.25, -0.2) is 0 Å². The molecule has 0 bridgehead atoms. The molecule has 0 aliphatic heterocycles. The first-order valence-corrected chi connectivity index (χ1v) is 5.64. The molecule has 1 aromatic rings. The van der Waals surface area contributed by atoms with Crippen molar-refractivity contribution >= 4 is 27.8 Å². The number of carbonyl (C=O) groups is 2. The van der Waals surface area contributed by atoms with Crippen LogP contribution in [0.15, 0.2) is 21.2 Å². The van der Waals surface area contributed by atoms with Gasteiger partial charge in [0.25, 0.3) is 5.91 Å². The third kappa shape index (κ3) is 2.27. The number of carbonyl (C=O) groups excluding carboxylic acids is 1. The molecule has 1 N–H and O–H groups in total. The topological polar surface area (TPSA) is 70.8 Å². The Kier molecular flexibility index (Phi) is 3.00. The van der Waals surface area contributed by atoms with Gasteiger partial charge in [-0.2, -0.15) is 0 Å². The lowest BCUT2D eigenvalue weighted by Gasteiger charge is -2.18. The van der Waals surface area contributed by atoms with E-state index < -0.39 is 5.97 Å². The Morgan fingerprint density at radius 2 is 2.25 bits per heavy atom. The fourth-order valence-corrected chi connectivity index (χ4v) is 1.85. The highest BCUT2D eigenvalue weighted by atomic mass is 79.9. The van der Waals surface area contributed by atoms with Crippen LogP contribution < -0.4 is 0 Å². The summed E-state index contributed by atoms with van der Waals surface area (Å²) in [7, 11) is 0. The van der Waals surface area contributed by atoms with E-state index in [9.17, 15) is 9.59 Å². The number of hydrogen-bond donors (Lipinski definition) is 1. The van der Waals surface area contributed by atoms with Gasteiger partial charge in [0.1, 0.15) is 6.54 Å². The molecule has 1 heterocycles. The van der Waals surface area contributed by atoms with Crippen LogP contribution in [0.25, 0.3) is 0 Å². The lowest BCUT2D eigenvalue weighted by atomic mass is 10.3. The fourth-order valence-electron chi connectivity index (χ4n) is 1.48. The van der Waals surface area contributed by atoms with Crippen LogP contribution in [0.2, 0.25) is 0 Å². The SMILES string of the molecule is O=C(O)CN(C(=O)c1occc1Br)C1CC1. The lowest BCUT2D eigenvalue weighted by Crippen LogP contribution is -2.37. The predicted octanol–water partition coefficient (Wildman–Crippen LogP) is 1.73. The van der Waals surface area contributed by atoms with E-state index in [1.165, 1.54) is 11.2 Å². The molecule has 0 spiro atoms. The van der Waals surface area contributed by atoms with Crippen LogP contribution in [0.3, 0.4) is 0 Å². The smallest absolute Gasteiger partial charge is 0.323 e. The van der Waals surface area contributed by atoms with Crippen LogP contribution in [0.4, 0.5) is 0 Å². The highest BCUT2D eigenvalue weighted by Gasteiger charge is 2.36. The summed E-state index contributed by atoms with van der Waals surface area (Å²) in [5.41, 5.74) is 0. The number of halogens is 1. The average Bonchev–Trinajstić information content (AvgIpc) is 2.97. The lowest BCUT2D eigenvalue weighted by molar-refractivity contribution is -0.137. The zero-order valence-electron chi connectivity index (χ0n) is 8.35. The molecule has 1 amide bonds. The molecule has 6 heteroatoms. The Morgan fingerprint density at radius 3 is 2.69 bits per heavy atom. The number of aliphatic carboxylic acids is 1. The van der Waals surface area contributed by atoms with E-state index in [2.05, 4.69) is 15.9 Å². The number of nitrogens with zero attached hydrogens (tertiary/aromatic N) is 1. The molecule has 0 aromatic carbocycles. The van der Waals surface area contributed by atoms with Crippen LogP contribution in [-0.4, -0.2) is 34.5 Å². The van der Waals surface area contributed by atoms with E-state index >= 15 is 0 Å². The van der Waals surface area contributed by atoms with Gasteiger partial charge in [-0.05, 0) is 34.8 Å². The van der Waals surface area contributed by atoms with Crippen molar-refractivity contribution in [1.82, 2.24) is 4.90 Å². The summed E-state index contributed by atoms with van der Waals surface area (Å²) >= 11 is 3.18. The summed E-state index contributed by atoms with van der Waals surface area (Å²) in [4.78, 5) is 24.0. The van der Waals surface area contributed by atoms with Crippen LogP contribution in [-0.2, 0) is 4.79 Å². The van der Waals surface area contributed by atoms with Crippen molar-refractivity contribution in [1.29, 1.82) is 0 Å². The molecule has 1 saturated carbocycles. The summed E-state index contributed by atoms with van der Waals surface area (Å²) < 4.78 is 5.59. The van der Waals surface area contributed by atoms with E-state index in [1.54, 1.807) is 6.07 Å². The first-order valence-electron chi connectivity index (χ1n) is 4.85. The fraction of sp³-hybridized carbons (Fsp3) is 0.400. The largest absolute Gasteiger partial charge is 0.480 e. The first kappa shape index (κ1) is 11.2. The Balaban J connectivity index is 2.17. The average molecular weight is 288 g/mol. The van der Waals surface area contributed by atoms with Gasteiger partial charge in [0, 0.05) is 6.04 Å². The maximum Gasteiger partial charge on any atom is 0.323 e. The highest BCUT2D eigenvalue weighted by Crippen LogP contribution is 2.29. The third-order valence-electron chi connectivity index (χ3n) is 2.37. The first-order chi connectivity index (χ1) is 7.59.